The van der Waals surface area contributed by atoms with Crippen molar-refractivity contribution in [1.29, 1.82) is 0 Å². The summed E-state index contributed by atoms with van der Waals surface area (Å²) >= 11 is 0. The number of rotatable bonds is 4. The van der Waals surface area contributed by atoms with Crippen LogP contribution in [0.25, 0.3) is 0 Å². The molecule has 0 saturated carbocycles. The van der Waals surface area contributed by atoms with E-state index < -0.39 is 5.82 Å². The summed E-state index contributed by atoms with van der Waals surface area (Å²) in [7, 11) is 1.33. The first-order valence-electron chi connectivity index (χ1n) is 4.73. The summed E-state index contributed by atoms with van der Waals surface area (Å²) < 4.78 is 18.3. The maximum Gasteiger partial charge on any atom is 0.180 e. The summed E-state index contributed by atoms with van der Waals surface area (Å²) in [6.45, 7) is 1.74. The average molecular weight is 211 g/mol. The van der Waals surface area contributed by atoms with Crippen molar-refractivity contribution < 1.29 is 13.9 Å². The van der Waals surface area contributed by atoms with E-state index in [-0.39, 0.29) is 23.6 Å². The molecule has 0 saturated heterocycles. The number of ketones is 1. The zero-order chi connectivity index (χ0) is 11.4. The lowest BCUT2D eigenvalue weighted by Crippen LogP contribution is -2.15. The lowest BCUT2D eigenvalue weighted by atomic mass is 10.0. The molecule has 1 aromatic rings. The smallest absolute Gasteiger partial charge is 0.180 e. The monoisotopic (exact) mass is 211 g/mol. The van der Waals surface area contributed by atoms with E-state index in [2.05, 4.69) is 0 Å². The Labute approximate surface area is 88.0 Å². The van der Waals surface area contributed by atoms with Crippen molar-refractivity contribution in [2.45, 2.75) is 13.3 Å². The van der Waals surface area contributed by atoms with E-state index >= 15 is 0 Å². The Hall–Kier alpha value is -1.42. The summed E-state index contributed by atoms with van der Waals surface area (Å²) in [4.78, 5) is 11.4. The van der Waals surface area contributed by atoms with Gasteiger partial charge in [0.1, 0.15) is 0 Å². The Balaban J connectivity index is 3.32. The van der Waals surface area contributed by atoms with Gasteiger partial charge in [-0.3, -0.25) is 4.79 Å². The van der Waals surface area contributed by atoms with Gasteiger partial charge < -0.3 is 10.5 Å². The van der Waals surface area contributed by atoms with Crippen molar-refractivity contribution in [3.8, 4) is 5.75 Å². The number of hydrogen-bond donors (Lipinski definition) is 1. The Morgan fingerprint density at radius 3 is 2.67 bits per heavy atom. The summed E-state index contributed by atoms with van der Waals surface area (Å²) in [5.74, 6) is -0.864. The molecule has 82 valence electrons. The highest BCUT2D eigenvalue weighted by atomic mass is 19.1. The van der Waals surface area contributed by atoms with Crippen molar-refractivity contribution in [2.24, 2.45) is 5.73 Å². The van der Waals surface area contributed by atoms with E-state index in [1.54, 1.807) is 6.07 Å². The second-order valence-electron chi connectivity index (χ2n) is 3.14. The molecule has 0 heterocycles. The molecule has 0 aliphatic heterocycles. The standard InChI is InChI=1S/C11H14FNO2/c1-3-7-4-8(10(14)6-13)11(15-2)9(12)5-7/h4-5H,3,6,13H2,1-2H3. The normalized spacial score (nSPS) is 10.1. The third kappa shape index (κ3) is 2.33. The molecule has 0 spiro atoms. The number of aryl methyl sites for hydroxylation is 1. The van der Waals surface area contributed by atoms with Crippen molar-refractivity contribution in [3.05, 3.63) is 29.1 Å². The molecule has 0 amide bonds. The predicted molar refractivity (Wildman–Crippen MR) is 55.7 cm³/mol. The van der Waals surface area contributed by atoms with Crippen LogP contribution in [-0.2, 0) is 6.42 Å². The largest absolute Gasteiger partial charge is 0.493 e. The van der Waals surface area contributed by atoms with Gasteiger partial charge in [-0.1, -0.05) is 6.92 Å². The number of benzene rings is 1. The van der Waals surface area contributed by atoms with Gasteiger partial charge in [-0.2, -0.15) is 0 Å². The summed E-state index contributed by atoms with van der Waals surface area (Å²) in [5, 5.41) is 0. The SMILES string of the molecule is CCc1cc(F)c(OC)c(C(=O)CN)c1. The zero-order valence-electron chi connectivity index (χ0n) is 8.84. The second kappa shape index (κ2) is 4.89. The van der Waals surface area contributed by atoms with Gasteiger partial charge in [-0.05, 0) is 24.1 Å². The molecule has 0 fully saturated rings. The minimum atomic E-state index is -0.520. The number of nitrogens with two attached hydrogens (primary N) is 1. The lowest BCUT2D eigenvalue weighted by molar-refractivity contribution is 0.0997. The summed E-state index contributed by atoms with van der Waals surface area (Å²) in [6.07, 6.45) is 0.658. The number of carbonyl (C=O) groups excluding carboxylic acids is 1. The van der Waals surface area contributed by atoms with Gasteiger partial charge in [-0.15, -0.1) is 0 Å². The third-order valence-corrected chi connectivity index (χ3v) is 2.20. The Bertz CT molecular complexity index is 377. The fourth-order valence-electron chi connectivity index (χ4n) is 1.38. The maximum atomic E-state index is 13.5. The topological polar surface area (TPSA) is 52.3 Å². The zero-order valence-corrected chi connectivity index (χ0v) is 8.84. The quantitative estimate of drug-likeness (QED) is 0.768. The Morgan fingerprint density at radius 1 is 1.53 bits per heavy atom. The predicted octanol–water partition coefficient (Wildman–Crippen LogP) is 1.54. The summed E-state index contributed by atoms with van der Waals surface area (Å²) in [5.41, 5.74) is 6.22. The highest BCUT2D eigenvalue weighted by molar-refractivity contribution is 6.00. The van der Waals surface area contributed by atoms with Crippen LogP contribution in [0, 0.1) is 5.82 Å². The van der Waals surface area contributed by atoms with Gasteiger partial charge in [0.05, 0.1) is 19.2 Å². The van der Waals surface area contributed by atoms with Crippen LogP contribution in [0.3, 0.4) is 0 Å². The van der Waals surface area contributed by atoms with Gasteiger partial charge in [0.25, 0.3) is 0 Å². The van der Waals surface area contributed by atoms with E-state index in [0.29, 0.717) is 6.42 Å². The van der Waals surface area contributed by atoms with E-state index in [1.165, 1.54) is 13.2 Å². The number of Topliss-reactive ketones (excluding diaryl/α,β-unsaturated/α-hetero) is 1. The van der Waals surface area contributed by atoms with Crippen LogP contribution in [0.2, 0.25) is 0 Å². The van der Waals surface area contributed by atoms with Gasteiger partial charge in [-0.25, -0.2) is 4.39 Å². The molecule has 0 unspecified atom stereocenters. The number of carbonyl (C=O) groups is 1. The van der Waals surface area contributed by atoms with Crippen LogP contribution in [-0.4, -0.2) is 19.4 Å². The average Bonchev–Trinajstić information content (AvgIpc) is 2.26. The van der Waals surface area contributed by atoms with Crippen molar-refractivity contribution >= 4 is 5.78 Å². The van der Waals surface area contributed by atoms with Crippen molar-refractivity contribution in [2.75, 3.05) is 13.7 Å². The molecule has 0 atom stereocenters. The first kappa shape index (κ1) is 11.7. The molecule has 1 aromatic carbocycles. The molecule has 0 aliphatic carbocycles. The van der Waals surface area contributed by atoms with Crippen LogP contribution in [0.5, 0.6) is 5.75 Å². The molecule has 0 aromatic heterocycles. The molecule has 2 N–H and O–H groups in total. The van der Waals surface area contributed by atoms with Crippen molar-refractivity contribution in [3.63, 3.8) is 0 Å². The first-order valence-corrected chi connectivity index (χ1v) is 4.73. The minimum absolute atomic E-state index is 0.0253. The molecule has 0 bridgehead atoms. The van der Waals surface area contributed by atoms with E-state index in [9.17, 15) is 9.18 Å². The van der Waals surface area contributed by atoms with E-state index in [4.69, 9.17) is 10.5 Å². The van der Waals surface area contributed by atoms with Crippen LogP contribution in [0.15, 0.2) is 12.1 Å². The molecule has 15 heavy (non-hydrogen) atoms. The first-order chi connectivity index (χ1) is 7.13. The fraction of sp³-hybridized carbons (Fsp3) is 0.364. The number of methoxy groups -OCH3 is 1. The molecule has 0 radical (unpaired) electrons. The highest BCUT2D eigenvalue weighted by Crippen LogP contribution is 2.25. The molecule has 4 heteroatoms. The van der Waals surface area contributed by atoms with Crippen LogP contribution < -0.4 is 10.5 Å². The molecule has 1 rings (SSSR count). The molecular weight excluding hydrogens is 197 g/mol. The van der Waals surface area contributed by atoms with Crippen LogP contribution in [0.4, 0.5) is 4.39 Å². The Morgan fingerprint density at radius 2 is 2.20 bits per heavy atom. The summed E-state index contributed by atoms with van der Waals surface area (Å²) in [6, 6.07) is 2.99. The lowest BCUT2D eigenvalue weighted by Gasteiger charge is -2.09. The van der Waals surface area contributed by atoms with Gasteiger partial charge in [0.15, 0.2) is 17.3 Å². The number of ether oxygens (including phenoxy) is 1. The van der Waals surface area contributed by atoms with Crippen molar-refractivity contribution in [1.82, 2.24) is 0 Å². The van der Waals surface area contributed by atoms with Crippen LogP contribution in [0.1, 0.15) is 22.8 Å². The molecular formula is C11H14FNO2. The van der Waals surface area contributed by atoms with Gasteiger partial charge >= 0.3 is 0 Å². The van der Waals surface area contributed by atoms with E-state index in [1.807, 2.05) is 6.92 Å². The minimum Gasteiger partial charge on any atom is -0.493 e. The van der Waals surface area contributed by atoms with Crippen LogP contribution >= 0.6 is 0 Å². The maximum absolute atomic E-state index is 13.5. The van der Waals surface area contributed by atoms with Gasteiger partial charge in [0.2, 0.25) is 0 Å². The third-order valence-electron chi connectivity index (χ3n) is 2.20. The molecule has 0 aliphatic rings. The van der Waals surface area contributed by atoms with E-state index in [0.717, 1.165) is 5.56 Å². The Kier molecular flexibility index (Phi) is 3.80. The number of halogens is 1. The van der Waals surface area contributed by atoms with Gasteiger partial charge in [0, 0.05) is 0 Å². The number of hydrogen-bond acceptors (Lipinski definition) is 3. The second-order valence-corrected chi connectivity index (χ2v) is 3.14. The fourth-order valence-corrected chi connectivity index (χ4v) is 1.38. The molecule has 3 nitrogen and oxygen atoms in total. The highest BCUT2D eigenvalue weighted by Gasteiger charge is 2.16.